The van der Waals surface area contributed by atoms with Crippen molar-refractivity contribution in [1.82, 2.24) is 19.7 Å². The van der Waals surface area contributed by atoms with Gasteiger partial charge in [-0.1, -0.05) is 47.4 Å². The van der Waals surface area contributed by atoms with Gasteiger partial charge in [-0.05, 0) is 24.3 Å². The number of hydrogen-bond donors (Lipinski definition) is 1. The van der Waals surface area contributed by atoms with Gasteiger partial charge in [0.15, 0.2) is 16.1 Å². The van der Waals surface area contributed by atoms with Gasteiger partial charge in [0.25, 0.3) is 0 Å². The number of anilines is 1. The largest absolute Gasteiger partial charge is 0.305 e. The van der Waals surface area contributed by atoms with Crippen molar-refractivity contribution in [3.05, 3.63) is 54.3 Å². The lowest BCUT2D eigenvalue weighted by Gasteiger charge is -2.04. The number of thiazole rings is 1. The summed E-state index contributed by atoms with van der Waals surface area (Å²) in [4.78, 5) is 16.6. The fourth-order valence-corrected chi connectivity index (χ4v) is 4.12. The number of halogens is 1. The number of carbonyl (C=O) groups is 1. The lowest BCUT2D eigenvalue weighted by atomic mass is 10.2. The molecule has 0 atom stereocenters. The Morgan fingerprint density at radius 2 is 2.07 bits per heavy atom. The van der Waals surface area contributed by atoms with Crippen molar-refractivity contribution in [1.29, 1.82) is 0 Å². The molecule has 0 radical (unpaired) electrons. The summed E-state index contributed by atoms with van der Waals surface area (Å²) in [5.74, 6) is 0.211. The first-order valence-corrected chi connectivity index (χ1v) is 9.84. The first kappa shape index (κ1) is 17.6. The smallest absolute Gasteiger partial charge is 0.236 e. The van der Waals surface area contributed by atoms with Gasteiger partial charge in [0.2, 0.25) is 5.91 Å². The molecule has 0 aliphatic heterocycles. The zero-order valence-corrected chi connectivity index (χ0v) is 15.9. The summed E-state index contributed by atoms with van der Waals surface area (Å²) in [5, 5.41) is 12.2. The van der Waals surface area contributed by atoms with Crippen LogP contribution in [0.25, 0.3) is 21.6 Å². The van der Waals surface area contributed by atoms with E-state index in [4.69, 9.17) is 0 Å². The first-order valence-electron chi connectivity index (χ1n) is 8.04. The summed E-state index contributed by atoms with van der Waals surface area (Å²) < 4.78 is 16.2. The molecular weight excluding hydrogens is 385 g/mol. The van der Waals surface area contributed by atoms with E-state index in [2.05, 4.69) is 20.5 Å². The van der Waals surface area contributed by atoms with Gasteiger partial charge >= 0.3 is 0 Å². The standard InChI is InChI=1S/C18H14FN5OS2/c1-24-16(11-5-4-6-12(19)9-11)22-23-18(24)26-10-15(25)21-17-20-13-7-2-3-8-14(13)27-17/h2-9H,10H2,1H3,(H,20,21,25). The van der Waals surface area contributed by atoms with Gasteiger partial charge < -0.3 is 9.88 Å². The Morgan fingerprint density at radius 1 is 1.22 bits per heavy atom. The van der Waals surface area contributed by atoms with E-state index < -0.39 is 0 Å². The Labute approximate surface area is 162 Å². The Balaban J connectivity index is 1.42. The van der Waals surface area contributed by atoms with Crippen LogP contribution in [0.2, 0.25) is 0 Å². The maximum absolute atomic E-state index is 13.4. The SMILES string of the molecule is Cn1c(SCC(=O)Nc2nc3ccccc3s2)nnc1-c1cccc(F)c1. The number of hydrogen-bond acceptors (Lipinski definition) is 6. The number of nitrogens with one attached hydrogen (secondary N) is 1. The highest BCUT2D eigenvalue weighted by atomic mass is 32.2. The van der Waals surface area contributed by atoms with Gasteiger partial charge in [0.1, 0.15) is 5.82 Å². The molecule has 9 heteroatoms. The molecule has 1 N–H and O–H groups in total. The number of nitrogens with zero attached hydrogens (tertiary/aromatic N) is 4. The maximum atomic E-state index is 13.4. The minimum atomic E-state index is -0.333. The second-order valence-electron chi connectivity index (χ2n) is 5.70. The molecule has 2 aromatic carbocycles. The number of amides is 1. The van der Waals surface area contributed by atoms with Crippen molar-refractivity contribution >= 4 is 44.4 Å². The van der Waals surface area contributed by atoms with Crippen LogP contribution in [0.3, 0.4) is 0 Å². The number of fused-ring (bicyclic) bond motifs is 1. The van der Waals surface area contributed by atoms with E-state index in [1.54, 1.807) is 23.7 Å². The van der Waals surface area contributed by atoms with Crippen molar-refractivity contribution in [2.75, 3.05) is 11.1 Å². The Bertz CT molecular complexity index is 1090. The number of para-hydroxylation sites is 1. The van der Waals surface area contributed by atoms with Gasteiger partial charge in [0.05, 0.1) is 16.0 Å². The molecule has 1 amide bonds. The summed E-state index contributed by atoms with van der Waals surface area (Å²) >= 11 is 2.69. The Morgan fingerprint density at radius 3 is 2.89 bits per heavy atom. The molecule has 0 saturated carbocycles. The second-order valence-corrected chi connectivity index (χ2v) is 7.67. The summed E-state index contributed by atoms with van der Waals surface area (Å²) in [6.07, 6.45) is 0. The second kappa shape index (κ2) is 7.45. The lowest BCUT2D eigenvalue weighted by molar-refractivity contribution is -0.113. The van der Waals surface area contributed by atoms with Crippen molar-refractivity contribution in [2.45, 2.75) is 5.16 Å². The van der Waals surface area contributed by atoms with E-state index in [9.17, 15) is 9.18 Å². The highest BCUT2D eigenvalue weighted by Gasteiger charge is 2.14. The molecule has 4 rings (SSSR count). The molecule has 6 nitrogen and oxygen atoms in total. The van der Waals surface area contributed by atoms with E-state index in [1.807, 2.05) is 24.3 Å². The van der Waals surface area contributed by atoms with Crippen molar-refractivity contribution in [2.24, 2.45) is 7.05 Å². The Kier molecular flexibility index (Phi) is 4.87. The van der Waals surface area contributed by atoms with Gasteiger partial charge in [-0.3, -0.25) is 4.79 Å². The van der Waals surface area contributed by atoms with Crippen LogP contribution in [0.4, 0.5) is 9.52 Å². The highest BCUT2D eigenvalue weighted by Crippen LogP contribution is 2.26. The van der Waals surface area contributed by atoms with E-state index >= 15 is 0 Å². The zero-order chi connectivity index (χ0) is 18.8. The molecule has 4 aromatic rings. The van der Waals surface area contributed by atoms with Crippen LogP contribution in [0, 0.1) is 5.82 Å². The van der Waals surface area contributed by atoms with Crippen LogP contribution in [-0.2, 0) is 11.8 Å². The van der Waals surface area contributed by atoms with Crippen molar-refractivity contribution in [3.63, 3.8) is 0 Å². The van der Waals surface area contributed by atoms with Crippen LogP contribution in [0.15, 0.2) is 53.7 Å². The summed E-state index contributed by atoms with van der Waals surface area (Å²) in [5.41, 5.74) is 1.49. The van der Waals surface area contributed by atoms with Gasteiger partial charge in [-0.15, -0.1) is 10.2 Å². The van der Waals surface area contributed by atoms with E-state index in [0.29, 0.717) is 21.7 Å². The third kappa shape index (κ3) is 3.83. The zero-order valence-electron chi connectivity index (χ0n) is 14.2. The number of aromatic nitrogens is 4. The first-order chi connectivity index (χ1) is 13.1. The van der Waals surface area contributed by atoms with E-state index in [0.717, 1.165) is 10.2 Å². The van der Waals surface area contributed by atoms with E-state index in [-0.39, 0.29) is 17.5 Å². The maximum Gasteiger partial charge on any atom is 0.236 e. The summed E-state index contributed by atoms with van der Waals surface area (Å²) in [6, 6.07) is 13.9. The minimum absolute atomic E-state index is 0.172. The number of benzene rings is 2. The molecule has 0 spiro atoms. The van der Waals surface area contributed by atoms with Crippen LogP contribution in [0.1, 0.15) is 0 Å². The van der Waals surface area contributed by atoms with Crippen LogP contribution in [-0.4, -0.2) is 31.4 Å². The molecule has 27 heavy (non-hydrogen) atoms. The fourth-order valence-electron chi connectivity index (χ4n) is 2.53. The Hall–Kier alpha value is -2.78. The minimum Gasteiger partial charge on any atom is -0.305 e. The van der Waals surface area contributed by atoms with Crippen molar-refractivity contribution < 1.29 is 9.18 Å². The summed E-state index contributed by atoms with van der Waals surface area (Å²) in [7, 11) is 1.79. The molecule has 2 heterocycles. The third-order valence-corrected chi connectivity index (χ3v) is 5.76. The molecule has 0 aliphatic carbocycles. The monoisotopic (exact) mass is 399 g/mol. The van der Waals surface area contributed by atoms with Crippen LogP contribution in [0.5, 0.6) is 0 Å². The quantitative estimate of drug-likeness (QED) is 0.514. The predicted molar refractivity (Wildman–Crippen MR) is 105 cm³/mol. The van der Waals surface area contributed by atoms with Gasteiger partial charge in [-0.2, -0.15) is 0 Å². The van der Waals surface area contributed by atoms with Gasteiger partial charge in [-0.25, -0.2) is 9.37 Å². The molecule has 0 fully saturated rings. The predicted octanol–water partition coefficient (Wildman–Crippen LogP) is 3.96. The molecule has 0 bridgehead atoms. The van der Waals surface area contributed by atoms with Crippen molar-refractivity contribution in [3.8, 4) is 11.4 Å². The summed E-state index contributed by atoms with van der Waals surface area (Å²) in [6.45, 7) is 0. The average molecular weight is 399 g/mol. The molecule has 0 unspecified atom stereocenters. The molecule has 136 valence electrons. The third-order valence-electron chi connectivity index (χ3n) is 3.79. The van der Waals surface area contributed by atoms with Crippen LogP contribution < -0.4 is 5.32 Å². The van der Waals surface area contributed by atoms with Gasteiger partial charge in [0, 0.05) is 12.6 Å². The highest BCUT2D eigenvalue weighted by molar-refractivity contribution is 7.99. The number of carbonyl (C=O) groups excluding carboxylic acids is 1. The average Bonchev–Trinajstić information content (AvgIpc) is 3.22. The number of thioether (sulfide) groups is 1. The molecular formula is C18H14FN5OS2. The number of rotatable bonds is 5. The topological polar surface area (TPSA) is 72.7 Å². The van der Waals surface area contributed by atoms with E-state index in [1.165, 1.54) is 35.2 Å². The molecule has 2 aromatic heterocycles. The fraction of sp³-hybridized carbons (Fsp3) is 0.111. The molecule has 0 aliphatic rings. The normalized spacial score (nSPS) is 11.0. The molecule has 0 saturated heterocycles. The van der Waals surface area contributed by atoms with Crippen LogP contribution >= 0.6 is 23.1 Å². The lowest BCUT2D eigenvalue weighted by Crippen LogP contribution is -2.14.